The first-order chi connectivity index (χ1) is 8.50. The van der Waals surface area contributed by atoms with Gasteiger partial charge in [-0.2, -0.15) is 0 Å². The summed E-state index contributed by atoms with van der Waals surface area (Å²) in [4.78, 5) is 11.0. The Morgan fingerprint density at radius 1 is 0.889 bits per heavy atom. The van der Waals surface area contributed by atoms with Crippen LogP contribution in [0.25, 0.3) is 0 Å². The quantitative estimate of drug-likeness (QED) is 0.791. The molecular weight excluding hydrogens is 228 g/mol. The van der Waals surface area contributed by atoms with Crippen LogP contribution in [0, 0.1) is 29.1 Å². The standard InChI is InChI=1S/C15H22O3/c16-13(17)12-7-15(18,8-12)14-4-9-1-10(5-14)3-11(2-9)6-14/h9-12,18H,1-8H2,(H,16,17). The van der Waals surface area contributed by atoms with E-state index in [1.807, 2.05) is 0 Å². The van der Waals surface area contributed by atoms with Gasteiger partial charge in [-0.15, -0.1) is 0 Å². The molecule has 0 amide bonds. The molecule has 0 radical (unpaired) electrons. The average molecular weight is 250 g/mol. The van der Waals surface area contributed by atoms with Gasteiger partial charge < -0.3 is 10.2 Å². The second-order valence-electron chi connectivity index (χ2n) is 7.67. The number of hydrogen-bond acceptors (Lipinski definition) is 2. The van der Waals surface area contributed by atoms with Gasteiger partial charge in [0.2, 0.25) is 0 Å². The maximum Gasteiger partial charge on any atom is 0.306 e. The Labute approximate surface area is 108 Å². The molecule has 3 heteroatoms. The van der Waals surface area contributed by atoms with Crippen molar-refractivity contribution in [2.75, 3.05) is 0 Å². The third-order valence-corrected chi connectivity index (χ3v) is 6.54. The number of aliphatic hydroxyl groups is 1. The lowest BCUT2D eigenvalue weighted by Crippen LogP contribution is -2.64. The van der Waals surface area contributed by atoms with Crippen molar-refractivity contribution in [1.29, 1.82) is 0 Å². The number of carboxylic acids is 1. The molecule has 0 saturated heterocycles. The van der Waals surface area contributed by atoms with Crippen molar-refractivity contribution < 1.29 is 15.0 Å². The molecule has 5 saturated carbocycles. The summed E-state index contributed by atoms with van der Waals surface area (Å²) in [5.41, 5.74) is -0.556. The largest absolute Gasteiger partial charge is 0.481 e. The van der Waals surface area contributed by atoms with Crippen molar-refractivity contribution in [2.24, 2.45) is 29.1 Å². The third kappa shape index (κ3) is 1.31. The summed E-state index contributed by atoms with van der Waals surface area (Å²) in [6.45, 7) is 0. The lowest BCUT2D eigenvalue weighted by molar-refractivity contribution is -0.230. The summed E-state index contributed by atoms with van der Waals surface area (Å²) in [6, 6.07) is 0. The lowest BCUT2D eigenvalue weighted by atomic mass is 9.41. The summed E-state index contributed by atoms with van der Waals surface area (Å²) >= 11 is 0. The zero-order valence-electron chi connectivity index (χ0n) is 10.8. The molecule has 0 atom stereocenters. The second-order valence-corrected chi connectivity index (χ2v) is 7.67. The van der Waals surface area contributed by atoms with Crippen LogP contribution in [0.3, 0.4) is 0 Å². The molecule has 0 unspecified atom stereocenters. The van der Waals surface area contributed by atoms with Crippen molar-refractivity contribution in [1.82, 2.24) is 0 Å². The first-order valence-electron chi connectivity index (χ1n) is 7.45. The first kappa shape index (κ1) is 11.3. The zero-order valence-corrected chi connectivity index (χ0v) is 10.8. The van der Waals surface area contributed by atoms with E-state index in [0.29, 0.717) is 12.8 Å². The number of carboxylic acid groups (broad SMARTS) is 1. The fourth-order valence-corrected chi connectivity index (χ4v) is 6.04. The summed E-state index contributed by atoms with van der Waals surface area (Å²) in [6.07, 6.45) is 8.64. The SMILES string of the molecule is O=C(O)C1CC(O)(C23CC4CC(CC(C4)C2)C3)C1. The molecule has 4 bridgehead atoms. The summed E-state index contributed by atoms with van der Waals surface area (Å²) in [5.74, 6) is 1.46. The van der Waals surface area contributed by atoms with Crippen LogP contribution in [0.15, 0.2) is 0 Å². The highest BCUT2D eigenvalue weighted by Crippen LogP contribution is 2.67. The van der Waals surface area contributed by atoms with E-state index in [1.165, 1.54) is 38.5 Å². The molecule has 5 aliphatic carbocycles. The Morgan fingerprint density at radius 2 is 1.33 bits per heavy atom. The number of aliphatic carboxylic acids is 1. The molecule has 0 aromatic heterocycles. The molecule has 0 heterocycles. The number of carbonyl (C=O) groups is 1. The van der Waals surface area contributed by atoms with Crippen LogP contribution in [-0.4, -0.2) is 21.8 Å². The highest BCUT2D eigenvalue weighted by atomic mass is 16.4. The molecule has 5 rings (SSSR count). The molecular formula is C15H22O3. The van der Waals surface area contributed by atoms with E-state index in [0.717, 1.165) is 17.8 Å². The molecule has 18 heavy (non-hydrogen) atoms. The molecule has 0 spiro atoms. The minimum atomic E-state index is -0.718. The van der Waals surface area contributed by atoms with Gasteiger partial charge in [-0.05, 0) is 74.5 Å². The highest BCUT2D eigenvalue weighted by Gasteiger charge is 2.64. The van der Waals surface area contributed by atoms with Gasteiger partial charge in [-0.25, -0.2) is 0 Å². The zero-order chi connectivity index (χ0) is 12.5. The monoisotopic (exact) mass is 250 g/mol. The molecule has 5 aliphatic rings. The van der Waals surface area contributed by atoms with Crippen LogP contribution < -0.4 is 0 Å². The van der Waals surface area contributed by atoms with Gasteiger partial charge in [0.25, 0.3) is 0 Å². The van der Waals surface area contributed by atoms with Crippen LogP contribution in [0.5, 0.6) is 0 Å². The van der Waals surface area contributed by atoms with E-state index in [-0.39, 0.29) is 11.3 Å². The van der Waals surface area contributed by atoms with Gasteiger partial charge in [0.05, 0.1) is 11.5 Å². The Hall–Kier alpha value is -0.570. The Balaban J connectivity index is 1.59. The van der Waals surface area contributed by atoms with E-state index < -0.39 is 11.6 Å². The molecule has 100 valence electrons. The van der Waals surface area contributed by atoms with Gasteiger partial charge >= 0.3 is 5.97 Å². The maximum absolute atomic E-state index is 11.0. The number of hydrogen-bond donors (Lipinski definition) is 2. The molecule has 0 aliphatic heterocycles. The smallest absolute Gasteiger partial charge is 0.306 e. The van der Waals surface area contributed by atoms with E-state index >= 15 is 0 Å². The van der Waals surface area contributed by atoms with Gasteiger partial charge in [-0.1, -0.05) is 0 Å². The highest BCUT2D eigenvalue weighted by molar-refractivity contribution is 5.71. The Bertz CT molecular complexity index is 359. The summed E-state index contributed by atoms with van der Waals surface area (Å²) in [5, 5.41) is 20.0. The molecule has 0 aromatic rings. The predicted molar refractivity (Wildman–Crippen MR) is 65.9 cm³/mol. The summed E-state index contributed by atoms with van der Waals surface area (Å²) < 4.78 is 0. The maximum atomic E-state index is 11.0. The van der Waals surface area contributed by atoms with Crippen molar-refractivity contribution in [2.45, 2.75) is 57.0 Å². The Morgan fingerprint density at radius 3 is 1.72 bits per heavy atom. The molecule has 5 fully saturated rings. The topological polar surface area (TPSA) is 57.5 Å². The molecule has 2 N–H and O–H groups in total. The van der Waals surface area contributed by atoms with Gasteiger partial charge in [0, 0.05) is 0 Å². The van der Waals surface area contributed by atoms with Crippen LogP contribution in [0.1, 0.15) is 51.4 Å². The Kier molecular flexibility index (Phi) is 2.07. The van der Waals surface area contributed by atoms with Crippen molar-refractivity contribution in [3.05, 3.63) is 0 Å². The van der Waals surface area contributed by atoms with E-state index in [4.69, 9.17) is 5.11 Å². The van der Waals surface area contributed by atoms with Crippen molar-refractivity contribution in [3.63, 3.8) is 0 Å². The van der Waals surface area contributed by atoms with Gasteiger partial charge in [-0.3, -0.25) is 4.79 Å². The van der Waals surface area contributed by atoms with Crippen LogP contribution >= 0.6 is 0 Å². The normalized spacial score (nSPS) is 57.4. The second kappa shape index (κ2) is 3.30. The fourth-order valence-electron chi connectivity index (χ4n) is 6.04. The predicted octanol–water partition coefficient (Wildman–Crippen LogP) is 2.43. The minimum Gasteiger partial charge on any atom is -0.481 e. The van der Waals surface area contributed by atoms with Crippen molar-refractivity contribution >= 4 is 5.97 Å². The van der Waals surface area contributed by atoms with Crippen molar-refractivity contribution in [3.8, 4) is 0 Å². The van der Waals surface area contributed by atoms with E-state index in [2.05, 4.69) is 0 Å². The molecule has 0 aromatic carbocycles. The molecule has 3 nitrogen and oxygen atoms in total. The number of rotatable bonds is 2. The first-order valence-corrected chi connectivity index (χ1v) is 7.45. The van der Waals surface area contributed by atoms with Gasteiger partial charge in [0.1, 0.15) is 0 Å². The lowest BCUT2D eigenvalue weighted by Gasteiger charge is -2.65. The van der Waals surface area contributed by atoms with Gasteiger partial charge in [0.15, 0.2) is 0 Å². The third-order valence-electron chi connectivity index (χ3n) is 6.54. The van der Waals surface area contributed by atoms with Crippen LogP contribution in [0.4, 0.5) is 0 Å². The van der Waals surface area contributed by atoms with E-state index in [9.17, 15) is 9.90 Å². The fraction of sp³-hybridized carbons (Fsp3) is 0.933. The van der Waals surface area contributed by atoms with E-state index in [1.54, 1.807) is 0 Å². The summed E-state index contributed by atoms with van der Waals surface area (Å²) in [7, 11) is 0. The van der Waals surface area contributed by atoms with Crippen LogP contribution in [-0.2, 0) is 4.79 Å². The average Bonchev–Trinajstić information content (AvgIpc) is 2.22. The van der Waals surface area contributed by atoms with Crippen LogP contribution in [0.2, 0.25) is 0 Å². The minimum absolute atomic E-state index is 0.0910.